The van der Waals surface area contributed by atoms with Gasteiger partial charge >= 0.3 is 0 Å². The van der Waals surface area contributed by atoms with Gasteiger partial charge in [0.1, 0.15) is 5.82 Å². The summed E-state index contributed by atoms with van der Waals surface area (Å²) in [5.74, 6) is 0.892. The van der Waals surface area contributed by atoms with Gasteiger partial charge < -0.3 is 0 Å². The van der Waals surface area contributed by atoms with Gasteiger partial charge in [-0.05, 0) is 97.7 Å². The molecule has 218 valence electrons. The number of aryl methyl sites for hydroxylation is 1. The van der Waals surface area contributed by atoms with Crippen molar-refractivity contribution in [1.29, 1.82) is 0 Å². The summed E-state index contributed by atoms with van der Waals surface area (Å²) in [5.41, 5.74) is 10.7. The summed E-state index contributed by atoms with van der Waals surface area (Å²) in [6.45, 7) is 2.07. The van der Waals surface area contributed by atoms with E-state index in [0.717, 1.165) is 22.8 Å². The molecule has 0 aliphatic heterocycles. The number of hydrogen-bond donors (Lipinski definition) is 0. The Balaban J connectivity index is 1.27. The minimum Gasteiger partial charge on any atom is -0.295 e. The zero-order valence-electron chi connectivity index (χ0n) is 25.6. The van der Waals surface area contributed by atoms with Crippen LogP contribution >= 0.6 is 0 Å². The van der Waals surface area contributed by atoms with Crippen molar-refractivity contribution in [1.82, 2.24) is 4.98 Å². The van der Waals surface area contributed by atoms with E-state index < -0.39 is 0 Å². The summed E-state index contributed by atoms with van der Waals surface area (Å²) < 4.78 is 0. The van der Waals surface area contributed by atoms with Crippen molar-refractivity contribution in [2.45, 2.75) is 6.92 Å². The van der Waals surface area contributed by atoms with Crippen LogP contribution < -0.4 is 4.90 Å². The van der Waals surface area contributed by atoms with Crippen LogP contribution in [0.1, 0.15) is 5.56 Å². The van der Waals surface area contributed by atoms with Gasteiger partial charge in [0.15, 0.2) is 0 Å². The number of benzene rings is 7. The number of anilines is 3. The normalized spacial score (nSPS) is 11.2. The van der Waals surface area contributed by atoms with Crippen LogP contribution in [0.25, 0.3) is 54.9 Å². The molecule has 8 rings (SSSR count). The minimum absolute atomic E-state index is 0.892. The molecule has 1 aromatic heterocycles. The topological polar surface area (TPSA) is 16.1 Å². The number of nitrogens with zero attached hydrogens (tertiary/aromatic N) is 2. The lowest BCUT2D eigenvalue weighted by Gasteiger charge is -2.25. The quantitative estimate of drug-likeness (QED) is 0.180. The van der Waals surface area contributed by atoms with Gasteiger partial charge in [-0.25, -0.2) is 4.98 Å². The molecule has 0 amide bonds. The molecule has 0 unspecified atom stereocenters. The Labute approximate surface area is 269 Å². The summed E-state index contributed by atoms with van der Waals surface area (Å²) in [7, 11) is 0. The lowest BCUT2D eigenvalue weighted by atomic mass is 9.85. The van der Waals surface area contributed by atoms with Crippen molar-refractivity contribution >= 4 is 38.7 Å². The van der Waals surface area contributed by atoms with Gasteiger partial charge in [0.25, 0.3) is 0 Å². The molecule has 2 heteroatoms. The number of hydrogen-bond acceptors (Lipinski definition) is 2. The van der Waals surface area contributed by atoms with Gasteiger partial charge in [-0.2, -0.15) is 0 Å². The van der Waals surface area contributed by atoms with Crippen molar-refractivity contribution < 1.29 is 0 Å². The largest absolute Gasteiger partial charge is 0.295 e. The first-order chi connectivity index (χ1) is 22.7. The highest BCUT2D eigenvalue weighted by molar-refractivity contribution is 6.21. The molecule has 0 saturated heterocycles. The second-order valence-electron chi connectivity index (χ2n) is 11.7. The Morgan fingerprint density at radius 3 is 1.28 bits per heavy atom. The predicted molar refractivity (Wildman–Crippen MR) is 195 cm³/mol. The molecule has 0 saturated carbocycles. The zero-order valence-corrected chi connectivity index (χ0v) is 25.6. The van der Waals surface area contributed by atoms with E-state index in [1.807, 2.05) is 12.3 Å². The van der Waals surface area contributed by atoms with E-state index in [-0.39, 0.29) is 0 Å². The van der Waals surface area contributed by atoms with Crippen LogP contribution in [-0.4, -0.2) is 4.98 Å². The third-order valence-corrected chi connectivity index (χ3v) is 8.77. The van der Waals surface area contributed by atoms with E-state index in [1.165, 1.54) is 54.9 Å². The fraction of sp³-hybridized carbons (Fsp3) is 0.0227. The number of para-hydroxylation sites is 1. The molecule has 2 nitrogen and oxygen atoms in total. The molecule has 46 heavy (non-hydrogen) atoms. The summed E-state index contributed by atoms with van der Waals surface area (Å²) in [4.78, 5) is 6.99. The first-order valence-electron chi connectivity index (χ1n) is 15.7. The third kappa shape index (κ3) is 5.00. The lowest BCUT2D eigenvalue weighted by molar-refractivity contribution is 1.16. The smallest absolute Gasteiger partial charge is 0.137 e. The summed E-state index contributed by atoms with van der Waals surface area (Å²) >= 11 is 0. The first-order valence-corrected chi connectivity index (χ1v) is 15.7. The number of rotatable bonds is 6. The van der Waals surface area contributed by atoms with E-state index in [0.29, 0.717) is 0 Å². The van der Waals surface area contributed by atoms with Crippen molar-refractivity contribution in [3.8, 4) is 33.4 Å². The molecular formula is C44H32N2. The summed E-state index contributed by atoms with van der Waals surface area (Å²) in [6, 6.07) is 60.8. The maximum absolute atomic E-state index is 4.78. The van der Waals surface area contributed by atoms with Crippen LogP contribution in [0.3, 0.4) is 0 Å². The van der Waals surface area contributed by atoms with Gasteiger partial charge in [0.2, 0.25) is 0 Å². The first kappa shape index (κ1) is 27.6. The van der Waals surface area contributed by atoms with E-state index in [1.54, 1.807) is 0 Å². The maximum atomic E-state index is 4.78. The second kappa shape index (κ2) is 11.8. The van der Waals surface area contributed by atoms with Crippen molar-refractivity contribution in [2.75, 3.05) is 4.90 Å². The molecular weight excluding hydrogens is 556 g/mol. The molecule has 0 fully saturated rings. The van der Waals surface area contributed by atoms with Crippen LogP contribution in [0.4, 0.5) is 17.2 Å². The SMILES string of the molecule is Cc1ccc(N(c2ccccc2)c2ccc(-c3c4ccccc4c(-c4ccc(-c5ccccc5)cc4)c4ccccc34)cc2)nc1. The molecule has 0 N–H and O–H groups in total. The Bertz CT molecular complexity index is 2220. The Kier molecular flexibility index (Phi) is 7.09. The minimum atomic E-state index is 0.892. The highest BCUT2D eigenvalue weighted by atomic mass is 15.2. The Morgan fingerprint density at radius 2 is 0.783 bits per heavy atom. The number of pyridine rings is 1. The van der Waals surface area contributed by atoms with Gasteiger partial charge in [0, 0.05) is 17.6 Å². The fourth-order valence-electron chi connectivity index (χ4n) is 6.57. The standard InChI is InChI=1S/C44H32N2/c1-31-20-29-42(45-30-31)46(36-14-6-3-7-15-36)37-27-25-35(26-28-37)44-40-18-10-8-16-38(40)43(39-17-9-11-19-41(39)44)34-23-21-33(22-24-34)32-12-4-2-5-13-32/h2-30H,1H3. The summed E-state index contributed by atoms with van der Waals surface area (Å²) in [6.07, 6.45) is 1.93. The average molecular weight is 589 g/mol. The van der Waals surface area contributed by atoms with E-state index >= 15 is 0 Å². The molecule has 1 heterocycles. The lowest BCUT2D eigenvalue weighted by Crippen LogP contribution is -2.11. The molecule has 7 aromatic carbocycles. The van der Waals surface area contributed by atoms with E-state index in [4.69, 9.17) is 4.98 Å². The second-order valence-corrected chi connectivity index (χ2v) is 11.7. The molecule has 0 atom stereocenters. The number of fused-ring (bicyclic) bond motifs is 2. The Hall–Kier alpha value is -5.99. The van der Waals surface area contributed by atoms with Crippen LogP contribution in [-0.2, 0) is 0 Å². The van der Waals surface area contributed by atoms with Crippen LogP contribution in [0.5, 0.6) is 0 Å². The van der Waals surface area contributed by atoms with Crippen molar-refractivity contribution in [2.24, 2.45) is 0 Å². The van der Waals surface area contributed by atoms with Crippen molar-refractivity contribution in [3.05, 3.63) is 182 Å². The van der Waals surface area contributed by atoms with Crippen molar-refractivity contribution in [3.63, 3.8) is 0 Å². The maximum Gasteiger partial charge on any atom is 0.137 e. The van der Waals surface area contributed by atoms with E-state index in [9.17, 15) is 0 Å². The van der Waals surface area contributed by atoms with Crippen LogP contribution in [0.15, 0.2) is 176 Å². The fourth-order valence-corrected chi connectivity index (χ4v) is 6.57. The Morgan fingerprint density at radius 1 is 0.370 bits per heavy atom. The van der Waals surface area contributed by atoms with Gasteiger partial charge in [-0.3, -0.25) is 4.90 Å². The predicted octanol–water partition coefficient (Wildman–Crippen LogP) is 12.2. The van der Waals surface area contributed by atoms with Crippen LogP contribution in [0, 0.1) is 6.92 Å². The highest BCUT2D eigenvalue weighted by Gasteiger charge is 2.18. The molecule has 0 aliphatic rings. The number of aromatic nitrogens is 1. The molecule has 0 spiro atoms. The van der Waals surface area contributed by atoms with Crippen LogP contribution in [0.2, 0.25) is 0 Å². The monoisotopic (exact) mass is 588 g/mol. The highest BCUT2D eigenvalue weighted by Crippen LogP contribution is 2.44. The molecule has 0 aliphatic carbocycles. The third-order valence-electron chi connectivity index (χ3n) is 8.77. The summed E-state index contributed by atoms with van der Waals surface area (Å²) in [5, 5.41) is 5.00. The molecule has 8 aromatic rings. The van der Waals surface area contributed by atoms with E-state index in [2.05, 4.69) is 176 Å². The van der Waals surface area contributed by atoms with Gasteiger partial charge in [-0.15, -0.1) is 0 Å². The molecule has 0 bridgehead atoms. The molecule has 0 radical (unpaired) electrons. The zero-order chi connectivity index (χ0) is 30.9. The average Bonchev–Trinajstić information content (AvgIpc) is 3.13. The van der Waals surface area contributed by atoms with Gasteiger partial charge in [-0.1, -0.05) is 140 Å². The van der Waals surface area contributed by atoms with Gasteiger partial charge in [0.05, 0.1) is 0 Å².